The van der Waals surface area contributed by atoms with Gasteiger partial charge in [0.05, 0.1) is 39.9 Å². The molecule has 0 aliphatic rings. The zero-order valence-electron chi connectivity index (χ0n) is 31.4. The van der Waals surface area contributed by atoms with E-state index in [1.165, 1.54) is 70.6 Å². The number of unbranched alkanes of at least 4 members (excludes halogenated alkanes) is 14. The van der Waals surface area contributed by atoms with Crippen molar-refractivity contribution in [2.24, 2.45) is 0 Å². The highest BCUT2D eigenvalue weighted by Gasteiger charge is 2.23. The molecule has 48 heavy (non-hydrogen) atoms. The second-order valence-corrected chi connectivity index (χ2v) is 15.3. The maximum atomic E-state index is 12.7. The van der Waals surface area contributed by atoms with Crippen LogP contribution in [-0.2, 0) is 18.4 Å². The molecule has 0 rings (SSSR count). The fourth-order valence-corrected chi connectivity index (χ4v) is 5.63. The number of quaternary nitrogens is 1. The Morgan fingerprint density at radius 1 is 0.729 bits per heavy atom. The zero-order valence-corrected chi connectivity index (χ0v) is 32.3. The number of phosphoric acid groups is 1. The molecule has 8 nitrogen and oxygen atoms in total. The van der Waals surface area contributed by atoms with E-state index in [4.69, 9.17) is 9.05 Å². The number of allylic oxidation sites excluding steroid dienone is 7. The van der Waals surface area contributed by atoms with E-state index in [1.807, 2.05) is 27.2 Å². The van der Waals surface area contributed by atoms with Crippen LogP contribution in [0.2, 0.25) is 0 Å². The van der Waals surface area contributed by atoms with Gasteiger partial charge in [-0.25, -0.2) is 0 Å². The van der Waals surface area contributed by atoms with Crippen molar-refractivity contribution in [3.8, 4) is 0 Å². The van der Waals surface area contributed by atoms with E-state index in [0.29, 0.717) is 17.4 Å². The quantitative estimate of drug-likeness (QED) is 0.0307. The molecule has 0 fully saturated rings. The number of aliphatic hydroxyl groups excluding tert-OH is 1. The Labute approximate surface area is 295 Å². The molecule has 3 unspecified atom stereocenters. The average Bonchev–Trinajstić information content (AvgIpc) is 3.02. The van der Waals surface area contributed by atoms with Gasteiger partial charge in [-0.15, -0.1) is 0 Å². The summed E-state index contributed by atoms with van der Waals surface area (Å²) in [5.74, 6) is -0.220. The monoisotopic (exact) mass is 697 g/mol. The van der Waals surface area contributed by atoms with Gasteiger partial charge < -0.3 is 28.8 Å². The van der Waals surface area contributed by atoms with Crippen LogP contribution in [0.25, 0.3) is 0 Å². The van der Waals surface area contributed by atoms with Crippen LogP contribution in [0.5, 0.6) is 0 Å². The predicted molar refractivity (Wildman–Crippen MR) is 201 cm³/mol. The Kier molecular flexibility index (Phi) is 30.4. The van der Waals surface area contributed by atoms with Gasteiger partial charge in [0, 0.05) is 6.42 Å². The first-order chi connectivity index (χ1) is 23.0. The van der Waals surface area contributed by atoms with Crippen LogP contribution in [0.1, 0.15) is 142 Å². The third-order valence-electron chi connectivity index (χ3n) is 7.99. The summed E-state index contributed by atoms with van der Waals surface area (Å²) in [6.07, 6.45) is 37.5. The molecule has 1 amide bonds. The lowest BCUT2D eigenvalue weighted by Gasteiger charge is -2.29. The van der Waals surface area contributed by atoms with Crippen LogP contribution < -0.4 is 10.2 Å². The molecule has 0 spiro atoms. The van der Waals surface area contributed by atoms with Gasteiger partial charge in [0.2, 0.25) is 5.91 Å². The third-order valence-corrected chi connectivity index (χ3v) is 8.96. The zero-order chi connectivity index (χ0) is 35.8. The van der Waals surface area contributed by atoms with Gasteiger partial charge in [-0.05, 0) is 57.8 Å². The lowest BCUT2D eigenvalue weighted by Crippen LogP contribution is -2.45. The van der Waals surface area contributed by atoms with Gasteiger partial charge in [-0.2, -0.15) is 0 Å². The molecular formula is C39H73N2O6P. The van der Waals surface area contributed by atoms with E-state index >= 15 is 0 Å². The molecule has 0 radical (unpaired) electrons. The van der Waals surface area contributed by atoms with Crippen molar-refractivity contribution in [2.75, 3.05) is 40.9 Å². The van der Waals surface area contributed by atoms with Crippen molar-refractivity contribution in [1.29, 1.82) is 0 Å². The number of phosphoric ester groups is 1. The topological polar surface area (TPSA) is 108 Å². The van der Waals surface area contributed by atoms with E-state index in [0.717, 1.165) is 51.4 Å². The summed E-state index contributed by atoms with van der Waals surface area (Å²) in [7, 11) is 1.23. The van der Waals surface area contributed by atoms with Crippen LogP contribution in [0, 0.1) is 0 Å². The van der Waals surface area contributed by atoms with Crippen LogP contribution >= 0.6 is 7.82 Å². The van der Waals surface area contributed by atoms with E-state index in [1.54, 1.807) is 6.08 Å². The lowest BCUT2D eigenvalue weighted by atomic mass is 10.1. The minimum atomic E-state index is -4.58. The molecule has 0 saturated carbocycles. The fourth-order valence-electron chi connectivity index (χ4n) is 4.91. The number of aliphatic hydroxyl groups is 1. The molecule has 0 aromatic heterocycles. The Balaban J connectivity index is 4.34. The van der Waals surface area contributed by atoms with Crippen molar-refractivity contribution in [3.05, 3.63) is 48.6 Å². The second-order valence-electron chi connectivity index (χ2n) is 13.9. The average molecular weight is 697 g/mol. The Morgan fingerprint density at radius 2 is 1.27 bits per heavy atom. The Bertz CT molecular complexity index is 928. The maximum Gasteiger partial charge on any atom is 0.268 e. The van der Waals surface area contributed by atoms with Crippen molar-refractivity contribution < 1.29 is 32.9 Å². The molecule has 0 aliphatic heterocycles. The highest BCUT2D eigenvalue weighted by Crippen LogP contribution is 2.38. The molecule has 9 heteroatoms. The molecule has 0 bridgehead atoms. The molecule has 280 valence electrons. The van der Waals surface area contributed by atoms with Gasteiger partial charge in [0.25, 0.3) is 7.82 Å². The number of rotatable bonds is 33. The number of hydrogen-bond acceptors (Lipinski definition) is 6. The van der Waals surface area contributed by atoms with E-state index in [-0.39, 0.29) is 12.5 Å². The van der Waals surface area contributed by atoms with Crippen molar-refractivity contribution >= 4 is 13.7 Å². The fraction of sp³-hybridized carbons (Fsp3) is 0.769. The number of nitrogens with one attached hydrogen (secondary N) is 1. The number of likely N-dealkylation sites (N-methyl/N-ethyl adjacent to an activating group) is 1. The van der Waals surface area contributed by atoms with Gasteiger partial charge in [-0.3, -0.25) is 9.36 Å². The smallest absolute Gasteiger partial charge is 0.268 e. The number of hydrogen-bond donors (Lipinski definition) is 2. The SMILES string of the molecule is CCC/C=C/CC/C=C/C(O)C(COP(=O)([O-])OCC[N+](C)(C)C)NC(=O)CCCCCCCCCCC/C=C\C/C=C\CCCCC. The summed E-state index contributed by atoms with van der Waals surface area (Å²) in [6, 6.07) is -0.902. The normalized spacial score (nSPS) is 15.2. The third kappa shape index (κ3) is 33.0. The number of carbonyl (C=O) groups is 1. The van der Waals surface area contributed by atoms with Crippen LogP contribution in [0.3, 0.4) is 0 Å². The summed E-state index contributed by atoms with van der Waals surface area (Å²) < 4.78 is 23.0. The minimum Gasteiger partial charge on any atom is -0.756 e. The first-order valence-corrected chi connectivity index (χ1v) is 20.5. The molecule has 0 aromatic carbocycles. The largest absolute Gasteiger partial charge is 0.756 e. The molecule has 0 heterocycles. The number of nitrogens with zero attached hydrogens (tertiary/aromatic N) is 1. The van der Waals surface area contributed by atoms with E-state index in [2.05, 4.69) is 55.6 Å². The Hall–Kier alpha value is -1.54. The van der Waals surface area contributed by atoms with Gasteiger partial charge in [0.1, 0.15) is 13.2 Å². The van der Waals surface area contributed by atoms with Gasteiger partial charge in [0.15, 0.2) is 0 Å². The summed E-state index contributed by atoms with van der Waals surface area (Å²) in [4.78, 5) is 25.1. The van der Waals surface area contributed by atoms with Gasteiger partial charge in [-0.1, -0.05) is 127 Å². The lowest BCUT2D eigenvalue weighted by molar-refractivity contribution is -0.870. The Morgan fingerprint density at radius 3 is 1.88 bits per heavy atom. The molecule has 3 atom stereocenters. The van der Waals surface area contributed by atoms with Crippen LogP contribution in [0.15, 0.2) is 48.6 Å². The molecule has 0 saturated heterocycles. The standard InChI is InChI=1S/C39H73N2O6P/c1-6-8-10-12-14-15-16-17-18-19-20-21-22-23-24-25-27-29-31-33-39(43)40-37(38(42)32-30-28-26-13-11-9-7-2)36-47-48(44,45)46-35-34-41(3,4)5/h11,13-15,17-18,30,32,37-38,42H,6-10,12,16,19-29,31,33-36H2,1-5H3,(H-,40,43,44,45)/b13-11+,15-14-,18-17-,32-30+. The summed E-state index contributed by atoms with van der Waals surface area (Å²) >= 11 is 0. The second kappa shape index (κ2) is 31.4. The summed E-state index contributed by atoms with van der Waals surface area (Å²) in [5, 5.41) is 13.6. The van der Waals surface area contributed by atoms with Crippen molar-refractivity contribution in [3.63, 3.8) is 0 Å². The first kappa shape index (κ1) is 46.5. The van der Waals surface area contributed by atoms with Crippen LogP contribution in [0.4, 0.5) is 0 Å². The van der Waals surface area contributed by atoms with E-state index < -0.39 is 26.6 Å². The molecule has 2 N–H and O–H groups in total. The maximum absolute atomic E-state index is 12.7. The van der Waals surface area contributed by atoms with E-state index in [9.17, 15) is 19.4 Å². The highest BCUT2D eigenvalue weighted by molar-refractivity contribution is 7.45. The molecule has 0 aliphatic carbocycles. The first-order valence-electron chi connectivity index (χ1n) is 19.0. The molecular weight excluding hydrogens is 623 g/mol. The molecule has 0 aromatic rings. The van der Waals surface area contributed by atoms with Crippen molar-refractivity contribution in [2.45, 2.75) is 154 Å². The predicted octanol–water partition coefficient (Wildman–Crippen LogP) is 9.11. The van der Waals surface area contributed by atoms with Crippen molar-refractivity contribution in [1.82, 2.24) is 5.32 Å². The van der Waals surface area contributed by atoms with Gasteiger partial charge >= 0.3 is 0 Å². The minimum absolute atomic E-state index is 0.00945. The number of amides is 1. The number of carbonyl (C=O) groups excluding carboxylic acids is 1. The van der Waals surface area contributed by atoms with Crippen LogP contribution in [-0.4, -0.2) is 68.5 Å². The highest BCUT2D eigenvalue weighted by atomic mass is 31.2. The summed E-state index contributed by atoms with van der Waals surface area (Å²) in [5.41, 5.74) is 0. The summed E-state index contributed by atoms with van der Waals surface area (Å²) in [6.45, 7) is 4.45.